The van der Waals surface area contributed by atoms with Crippen LogP contribution in [0.25, 0.3) is 0 Å². The Hall–Kier alpha value is -1.94. The summed E-state index contributed by atoms with van der Waals surface area (Å²) in [5, 5.41) is 18.7. The topological polar surface area (TPSA) is 55.2 Å². The molecule has 1 aromatic heterocycles. The fourth-order valence-electron chi connectivity index (χ4n) is 2.34. The lowest BCUT2D eigenvalue weighted by atomic mass is 9.94. The van der Waals surface area contributed by atoms with Crippen LogP contribution >= 0.6 is 0 Å². The number of hydrogen-bond donors (Lipinski definition) is 1. The van der Waals surface area contributed by atoms with Crippen molar-refractivity contribution in [2.75, 3.05) is 7.11 Å². The summed E-state index contributed by atoms with van der Waals surface area (Å²) in [4.78, 5) is 0. The number of nitrogens with zero attached hydrogens (tertiary/aromatic N) is 2. The zero-order valence-corrected chi connectivity index (χ0v) is 12.6. The maximum absolute atomic E-state index is 10.7. The van der Waals surface area contributed by atoms with Gasteiger partial charge in [0.15, 0.2) is 0 Å². The van der Waals surface area contributed by atoms with Gasteiger partial charge in [-0.1, -0.05) is 0 Å². The highest BCUT2D eigenvalue weighted by atomic mass is 16.5. The zero-order valence-electron chi connectivity index (χ0n) is 12.6. The third-order valence-electron chi connectivity index (χ3n) is 3.51. The molecule has 0 bridgehead atoms. The van der Waals surface area contributed by atoms with Crippen LogP contribution < -0.4 is 4.74 Å². The van der Waals surface area contributed by atoms with Crippen molar-refractivity contribution in [3.63, 3.8) is 0 Å². The highest BCUT2D eigenvalue weighted by Gasteiger charge is 2.18. The molecule has 0 amide bonds. The minimum Gasteiger partial charge on any atom is -0.496 e. The molecule has 0 fully saturated rings. The summed E-state index contributed by atoms with van der Waals surface area (Å²) >= 11 is 0. The Balaban J connectivity index is 2.50. The van der Waals surface area contributed by atoms with Crippen molar-refractivity contribution in [2.45, 2.75) is 33.8 Å². The lowest BCUT2D eigenvalue weighted by molar-refractivity contribution is 0.217. The molecule has 0 spiro atoms. The van der Waals surface area contributed by atoms with Crippen LogP contribution in [0.15, 0.2) is 18.2 Å². The van der Waals surface area contributed by atoms with Crippen LogP contribution in [-0.2, 0) is 0 Å². The zero-order chi connectivity index (χ0) is 14.9. The third kappa shape index (κ3) is 2.65. The van der Waals surface area contributed by atoms with Gasteiger partial charge in [0.1, 0.15) is 11.9 Å². The van der Waals surface area contributed by atoms with Gasteiger partial charge >= 0.3 is 0 Å². The standard InChI is InChI=1S/C16H20N2O2/c1-9-7-15(20-5)10(2)6-13(9)16(19)14-8-11(3)17-18-12(14)4/h6-8,16,19H,1-5H3. The molecular weight excluding hydrogens is 252 g/mol. The van der Waals surface area contributed by atoms with E-state index in [1.54, 1.807) is 7.11 Å². The van der Waals surface area contributed by atoms with E-state index in [1.165, 1.54) is 0 Å². The van der Waals surface area contributed by atoms with Crippen LogP contribution in [-0.4, -0.2) is 22.4 Å². The van der Waals surface area contributed by atoms with E-state index in [-0.39, 0.29) is 0 Å². The molecule has 1 heterocycles. The van der Waals surface area contributed by atoms with E-state index >= 15 is 0 Å². The smallest absolute Gasteiger partial charge is 0.122 e. The van der Waals surface area contributed by atoms with Crippen LogP contribution in [0.3, 0.4) is 0 Å². The van der Waals surface area contributed by atoms with E-state index in [0.717, 1.165) is 39.4 Å². The Morgan fingerprint density at radius 3 is 2.30 bits per heavy atom. The lowest BCUT2D eigenvalue weighted by Crippen LogP contribution is -2.08. The summed E-state index contributed by atoms with van der Waals surface area (Å²) < 4.78 is 5.31. The molecule has 1 N–H and O–H groups in total. The lowest BCUT2D eigenvalue weighted by Gasteiger charge is -2.18. The first-order chi connectivity index (χ1) is 9.43. The Morgan fingerprint density at radius 1 is 0.950 bits per heavy atom. The van der Waals surface area contributed by atoms with Crippen LogP contribution in [0.4, 0.5) is 0 Å². The van der Waals surface area contributed by atoms with Gasteiger partial charge in [-0.3, -0.25) is 0 Å². The van der Waals surface area contributed by atoms with Gasteiger partial charge in [-0.05, 0) is 62.6 Å². The van der Waals surface area contributed by atoms with E-state index in [2.05, 4.69) is 10.2 Å². The Morgan fingerprint density at radius 2 is 1.65 bits per heavy atom. The SMILES string of the molecule is COc1cc(C)c(C(O)c2cc(C)nnc2C)cc1C. The summed E-state index contributed by atoms with van der Waals surface area (Å²) in [6, 6.07) is 5.80. The summed E-state index contributed by atoms with van der Waals surface area (Å²) in [5.74, 6) is 0.833. The van der Waals surface area contributed by atoms with E-state index in [9.17, 15) is 5.11 Å². The molecule has 4 nitrogen and oxygen atoms in total. The molecule has 0 saturated heterocycles. The monoisotopic (exact) mass is 272 g/mol. The molecule has 2 rings (SSSR count). The average molecular weight is 272 g/mol. The summed E-state index contributed by atoms with van der Waals surface area (Å²) in [6.07, 6.45) is -0.700. The van der Waals surface area contributed by atoms with Gasteiger partial charge in [0.25, 0.3) is 0 Å². The molecule has 1 aromatic carbocycles. The van der Waals surface area contributed by atoms with Crippen molar-refractivity contribution >= 4 is 0 Å². The maximum atomic E-state index is 10.7. The van der Waals surface area contributed by atoms with Crippen molar-refractivity contribution < 1.29 is 9.84 Å². The van der Waals surface area contributed by atoms with E-state index < -0.39 is 6.10 Å². The predicted octanol–water partition coefficient (Wildman–Crippen LogP) is 2.80. The number of methoxy groups -OCH3 is 1. The largest absolute Gasteiger partial charge is 0.496 e. The van der Waals surface area contributed by atoms with E-state index in [4.69, 9.17) is 4.74 Å². The van der Waals surface area contributed by atoms with E-state index in [0.29, 0.717) is 0 Å². The summed E-state index contributed by atoms with van der Waals surface area (Å²) in [7, 11) is 1.65. The second kappa shape index (κ2) is 5.59. The molecule has 1 unspecified atom stereocenters. The fraction of sp³-hybridized carbons (Fsp3) is 0.375. The van der Waals surface area contributed by atoms with Crippen LogP contribution in [0.1, 0.15) is 39.7 Å². The molecule has 2 aromatic rings. The molecule has 4 heteroatoms. The maximum Gasteiger partial charge on any atom is 0.122 e. The Bertz CT molecular complexity index is 639. The molecule has 1 atom stereocenters. The van der Waals surface area contributed by atoms with Crippen LogP contribution in [0.2, 0.25) is 0 Å². The molecular formula is C16H20N2O2. The first-order valence-electron chi connectivity index (χ1n) is 6.58. The number of aliphatic hydroxyl groups is 1. The molecule has 0 aliphatic heterocycles. The summed E-state index contributed by atoms with van der Waals surface area (Å²) in [5.41, 5.74) is 5.21. The van der Waals surface area contributed by atoms with Crippen molar-refractivity contribution in [3.05, 3.63) is 51.8 Å². The number of ether oxygens (including phenoxy) is 1. The molecule has 0 saturated carbocycles. The van der Waals surface area contributed by atoms with Gasteiger partial charge in [0, 0.05) is 5.56 Å². The van der Waals surface area contributed by atoms with Gasteiger partial charge in [-0.15, -0.1) is 0 Å². The van der Waals surface area contributed by atoms with Crippen LogP contribution in [0, 0.1) is 27.7 Å². The van der Waals surface area contributed by atoms with Crippen molar-refractivity contribution in [1.82, 2.24) is 10.2 Å². The number of rotatable bonds is 3. The minimum atomic E-state index is -0.700. The third-order valence-corrected chi connectivity index (χ3v) is 3.51. The highest BCUT2D eigenvalue weighted by Crippen LogP contribution is 2.31. The normalized spacial score (nSPS) is 12.3. The Kier molecular flexibility index (Phi) is 4.04. The van der Waals surface area contributed by atoms with Gasteiger partial charge < -0.3 is 9.84 Å². The molecule has 106 valence electrons. The minimum absolute atomic E-state index is 0.700. The van der Waals surface area contributed by atoms with Crippen molar-refractivity contribution in [2.24, 2.45) is 0 Å². The van der Waals surface area contributed by atoms with Gasteiger partial charge in [-0.25, -0.2) is 0 Å². The number of hydrogen-bond acceptors (Lipinski definition) is 4. The fourth-order valence-corrected chi connectivity index (χ4v) is 2.34. The Labute approximate surface area is 119 Å². The van der Waals surface area contributed by atoms with Crippen LogP contribution in [0.5, 0.6) is 5.75 Å². The summed E-state index contributed by atoms with van der Waals surface area (Å²) in [6.45, 7) is 7.67. The number of aryl methyl sites for hydroxylation is 4. The first-order valence-corrected chi connectivity index (χ1v) is 6.58. The molecule has 0 radical (unpaired) electrons. The van der Waals surface area contributed by atoms with Gasteiger partial charge in [0.2, 0.25) is 0 Å². The van der Waals surface area contributed by atoms with Gasteiger partial charge in [0.05, 0.1) is 18.5 Å². The quantitative estimate of drug-likeness (QED) is 0.933. The van der Waals surface area contributed by atoms with Crippen molar-refractivity contribution in [3.8, 4) is 5.75 Å². The first kappa shape index (κ1) is 14.5. The second-order valence-corrected chi connectivity index (χ2v) is 5.11. The average Bonchev–Trinajstić information content (AvgIpc) is 2.42. The van der Waals surface area contributed by atoms with E-state index in [1.807, 2.05) is 45.9 Å². The number of aromatic nitrogens is 2. The van der Waals surface area contributed by atoms with Crippen molar-refractivity contribution in [1.29, 1.82) is 0 Å². The second-order valence-electron chi connectivity index (χ2n) is 5.11. The molecule has 0 aliphatic carbocycles. The molecule has 0 aliphatic rings. The van der Waals surface area contributed by atoms with Gasteiger partial charge in [-0.2, -0.15) is 10.2 Å². The predicted molar refractivity (Wildman–Crippen MR) is 78.0 cm³/mol. The number of aliphatic hydroxyl groups excluding tert-OH is 1. The molecule has 20 heavy (non-hydrogen) atoms. The highest BCUT2D eigenvalue weighted by molar-refractivity contribution is 5.45. The number of benzene rings is 1.